The molecule has 0 radical (unpaired) electrons. The zero-order valence-corrected chi connectivity index (χ0v) is 23.1. The zero-order valence-electron chi connectivity index (χ0n) is 22.3. The van der Waals surface area contributed by atoms with E-state index in [0.29, 0.717) is 33.7 Å². The summed E-state index contributed by atoms with van der Waals surface area (Å²) in [5.74, 6) is 0.933. The number of aryl methyl sites for hydroxylation is 2. The van der Waals surface area contributed by atoms with Crippen LogP contribution in [0.5, 0.6) is 0 Å². The number of hydrogen-bond acceptors (Lipinski definition) is 6. The number of allylic oxidation sites excluding steroid dienone is 1. The first-order chi connectivity index (χ1) is 18.8. The van der Waals surface area contributed by atoms with Gasteiger partial charge in [0.1, 0.15) is 6.04 Å². The molecule has 1 aliphatic rings. The van der Waals surface area contributed by atoms with Crippen molar-refractivity contribution in [3.8, 4) is 0 Å². The molecule has 5 rings (SSSR count). The average molecular weight is 539 g/mol. The van der Waals surface area contributed by atoms with E-state index in [4.69, 9.17) is 10.1 Å². The highest BCUT2D eigenvalue weighted by Crippen LogP contribution is 2.37. The molecule has 4 aromatic rings. The Balaban J connectivity index is 1.49. The van der Waals surface area contributed by atoms with Crippen LogP contribution < -0.4 is 16.0 Å². The van der Waals surface area contributed by atoms with Gasteiger partial charge in [-0.3, -0.25) is 9.59 Å². The quantitative estimate of drug-likeness (QED) is 0.247. The fraction of sp³-hybridized carbons (Fsp3) is 0.200. The molecule has 0 saturated carbocycles. The molecule has 3 N–H and O–H groups in total. The molecule has 1 atom stereocenters. The molecule has 39 heavy (non-hydrogen) atoms. The van der Waals surface area contributed by atoms with E-state index in [0.717, 1.165) is 11.3 Å². The molecule has 3 aromatic carbocycles. The number of carbonyl (C=O) groups excluding carboxylic acids is 2. The maximum Gasteiger partial charge on any atom is 0.255 e. The Bertz CT molecular complexity index is 1560. The van der Waals surface area contributed by atoms with Gasteiger partial charge in [0, 0.05) is 29.7 Å². The number of aromatic nitrogens is 3. The molecule has 198 valence electrons. The van der Waals surface area contributed by atoms with Crippen LogP contribution in [0.3, 0.4) is 0 Å². The molecule has 1 aromatic heterocycles. The lowest BCUT2D eigenvalue weighted by Gasteiger charge is -2.28. The van der Waals surface area contributed by atoms with Gasteiger partial charge in [0.15, 0.2) is 0 Å². The Morgan fingerprint density at radius 1 is 0.949 bits per heavy atom. The highest BCUT2D eigenvalue weighted by Gasteiger charge is 2.34. The van der Waals surface area contributed by atoms with Crippen LogP contribution in [-0.4, -0.2) is 26.6 Å². The minimum absolute atomic E-state index is 0.146. The van der Waals surface area contributed by atoms with Crippen LogP contribution in [-0.2, 0) is 15.3 Å². The summed E-state index contributed by atoms with van der Waals surface area (Å²) in [7, 11) is 0. The van der Waals surface area contributed by atoms with Gasteiger partial charge in [0.05, 0.1) is 5.57 Å². The van der Waals surface area contributed by atoms with E-state index in [1.54, 1.807) is 16.4 Å². The zero-order chi connectivity index (χ0) is 27.5. The van der Waals surface area contributed by atoms with Crippen LogP contribution in [0.4, 0.5) is 17.3 Å². The number of hydrogen-bond donors (Lipinski definition) is 3. The monoisotopic (exact) mass is 538 g/mol. The van der Waals surface area contributed by atoms with E-state index in [9.17, 15) is 9.59 Å². The van der Waals surface area contributed by atoms with E-state index in [2.05, 4.69) is 48.0 Å². The number of nitrogens with zero attached hydrogens (tertiary/aromatic N) is 3. The molecule has 0 saturated heterocycles. The molecule has 0 bridgehead atoms. The molecule has 8 nitrogen and oxygen atoms in total. The Morgan fingerprint density at radius 3 is 2.36 bits per heavy atom. The Labute approximate surface area is 231 Å². The first-order valence-corrected chi connectivity index (χ1v) is 13.6. The van der Waals surface area contributed by atoms with Crippen molar-refractivity contribution in [2.45, 2.75) is 44.6 Å². The highest BCUT2D eigenvalue weighted by molar-refractivity contribution is 7.98. The van der Waals surface area contributed by atoms with E-state index in [1.807, 2.05) is 61.5 Å². The van der Waals surface area contributed by atoms with Crippen molar-refractivity contribution in [1.29, 1.82) is 0 Å². The summed E-state index contributed by atoms with van der Waals surface area (Å²) >= 11 is 1.56. The Kier molecular flexibility index (Phi) is 7.51. The maximum atomic E-state index is 13.6. The van der Waals surface area contributed by atoms with Gasteiger partial charge in [-0.05, 0) is 61.7 Å². The minimum atomic E-state index is -0.515. The van der Waals surface area contributed by atoms with E-state index >= 15 is 0 Å². The number of amides is 2. The van der Waals surface area contributed by atoms with Crippen LogP contribution in [0.15, 0.2) is 89.2 Å². The fourth-order valence-corrected chi connectivity index (χ4v) is 5.52. The summed E-state index contributed by atoms with van der Waals surface area (Å²) in [4.78, 5) is 29.9. The number of benzene rings is 3. The smallest absolute Gasteiger partial charge is 0.255 e. The summed E-state index contributed by atoms with van der Waals surface area (Å²) < 4.78 is 1.77. The van der Waals surface area contributed by atoms with Crippen LogP contribution in [0.25, 0.3) is 0 Å². The third-order valence-corrected chi connectivity index (χ3v) is 7.40. The SMILES string of the molecule is CC(=O)Nc1ccc(C2C(C(=O)Nc3ccccc3)=C(C)Nc3nc(SCc4ccc(C)cc4C)nn32)cc1. The third kappa shape index (κ3) is 5.88. The van der Waals surface area contributed by atoms with Gasteiger partial charge < -0.3 is 16.0 Å². The Hall–Kier alpha value is -4.37. The largest absolute Gasteiger partial charge is 0.328 e. The van der Waals surface area contributed by atoms with Gasteiger partial charge in [0.25, 0.3) is 5.91 Å². The molecule has 0 spiro atoms. The predicted molar refractivity (Wildman–Crippen MR) is 156 cm³/mol. The van der Waals surface area contributed by atoms with Crippen LogP contribution in [0, 0.1) is 13.8 Å². The van der Waals surface area contributed by atoms with Gasteiger partial charge in [0.2, 0.25) is 17.0 Å². The van der Waals surface area contributed by atoms with Crippen LogP contribution in [0.1, 0.15) is 42.1 Å². The van der Waals surface area contributed by atoms with Gasteiger partial charge >= 0.3 is 0 Å². The topological polar surface area (TPSA) is 101 Å². The highest BCUT2D eigenvalue weighted by atomic mass is 32.2. The number of para-hydroxylation sites is 1. The average Bonchev–Trinajstić information content (AvgIpc) is 3.30. The normalized spacial score (nSPS) is 14.4. The Morgan fingerprint density at radius 2 is 1.67 bits per heavy atom. The number of nitrogens with one attached hydrogen (secondary N) is 3. The molecule has 0 fully saturated rings. The summed E-state index contributed by atoms with van der Waals surface area (Å²) in [5.41, 5.74) is 7.17. The molecule has 0 aliphatic carbocycles. The second kappa shape index (κ2) is 11.2. The molecule has 1 unspecified atom stereocenters. The molecule has 2 amide bonds. The van der Waals surface area contributed by atoms with Crippen molar-refractivity contribution in [3.05, 3.63) is 106 Å². The molecule has 2 heterocycles. The van der Waals surface area contributed by atoms with Gasteiger partial charge in [-0.25, -0.2) is 4.68 Å². The van der Waals surface area contributed by atoms with Crippen molar-refractivity contribution in [2.24, 2.45) is 0 Å². The van der Waals surface area contributed by atoms with Crippen molar-refractivity contribution < 1.29 is 9.59 Å². The van der Waals surface area contributed by atoms with E-state index in [-0.39, 0.29) is 11.8 Å². The summed E-state index contributed by atoms with van der Waals surface area (Å²) in [6.07, 6.45) is 0. The number of thioether (sulfide) groups is 1. The predicted octanol–water partition coefficient (Wildman–Crippen LogP) is 6.07. The van der Waals surface area contributed by atoms with Crippen molar-refractivity contribution >= 4 is 40.9 Å². The molecular formula is C30H30N6O2S. The molecule has 9 heteroatoms. The molecule has 1 aliphatic heterocycles. The lowest BCUT2D eigenvalue weighted by atomic mass is 9.94. The van der Waals surface area contributed by atoms with Crippen molar-refractivity contribution in [2.75, 3.05) is 16.0 Å². The third-order valence-electron chi connectivity index (χ3n) is 6.51. The maximum absolute atomic E-state index is 13.6. The second-order valence-corrected chi connectivity index (χ2v) is 10.5. The van der Waals surface area contributed by atoms with E-state index in [1.165, 1.54) is 23.6 Å². The van der Waals surface area contributed by atoms with Gasteiger partial charge in [-0.15, -0.1) is 5.10 Å². The first-order valence-electron chi connectivity index (χ1n) is 12.7. The van der Waals surface area contributed by atoms with Crippen molar-refractivity contribution in [3.63, 3.8) is 0 Å². The molecular weight excluding hydrogens is 508 g/mol. The number of carbonyl (C=O) groups is 2. The summed E-state index contributed by atoms with van der Waals surface area (Å²) in [6.45, 7) is 7.54. The summed E-state index contributed by atoms with van der Waals surface area (Å²) in [5, 5.41) is 14.6. The standard InChI is InChI=1S/C30H30N6O2S/c1-18-10-11-23(19(2)16-18)17-39-30-34-29-31-20(3)26(28(38)33-24-8-6-5-7-9-24)27(36(29)35-30)22-12-14-25(15-13-22)32-21(4)37/h5-16,27H,17H2,1-4H3,(H,32,37)(H,33,38)(H,31,34,35). The van der Waals surface area contributed by atoms with Crippen LogP contribution in [0.2, 0.25) is 0 Å². The lowest BCUT2D eigenvalue weighted by Crippen LogP contribution is -2.31. The summed E-state index contributed by atoms with van der Waals surface area (Å²) in [6, 6.07) is 22.7. The second-order valence-electron chi connectivity index (χ2n) is 9.57. The number of fused-ring (bicyclic) bond motifs is 1. The lowest BCUT2D eigenvalue weighted by molar-refractivity contribution is -0.114. The van der Waals surface area contributed by atoms with Crippen molar-refractivity contribution in [1.82, 2.24) is 14.8 Å². The number of rotatable bonds is 7. The number of anilines is 3. The van der Waals surface area contributed by atoms with Gasteiger partial charge in [-0.1, -0.05) is 65.9 Å². The van der Waals surface area contributed by atoms with Gasteiger partial charge in [-0.2, -0.15) is 4.98 Å². The minimum Gasteiger partial charge on any atom is -0.328 e. The van der Waals surface area contributed by atoms with E-state index < -0.39 is 6.04 Å². The first kappa shape index (κ1) is 26.2. The van der Waals surface area contributed by atoms with Crippen LogP contribution >= 0.6 is 11.8 Å². The fourth-order valence-electron chi connectivity index (χ4n) is 4.62.